The first kappa shape index (κ1) is 8.14. The maximum absolute atomic E-state index is 11.2. The quantitative estimate of drug-likeness (QED) is 0.570. The summed E-state index contributed by atoms with van der Waals surface area (Å²) in [5, 5.41) is 0. The van der Waals surface area contributed by atoms with Gasteiger partial charge in [-0.1, -0.05) is 0 Å². The molecule has 0 aliphatic heterocycles. The van der Waals surface area contributed by atoms with Crippen LogP contribution in [0.2, 0.25) is 0 Å². The summed E-state index contributed by atoms with van der Waals surface area (Å²) >= 11 is 0.779. The van der Waals surface area contributed by atoms with Gasteiger partial charge in [0.05, 0.1) is 5.75 Å². The van der Waals surface area contributed by atoms with Crippen LogP contribution in [0.15, 0.2) is 0 Å². The van der Waals surface area contributed by atoms with E-state index in [1.165, 1.54) is 0 Å². The highest BCUT2D eigenvalue weighted by molar-refractivity contribution is 7.99. The fraction of sp³-hybridized carbons (Fsp3) is 0.750. The third-order valence-corrected chi connectivity index (χ3v) is 1.23. The smallest absolute Gasteiger partial charge is 0.170 e. The molecule has 0 atom stereocenters. The van der Waals surface area contributed by atoms with Gasteiger partial charge in [0.2, 0.25) is 0 Å². The van der Waals surface area contributed by atoms with Crippen molar-refractivity contribution in [2.24, 2.45) is 0 Å². The largest absolute Gasteiger partial charge is 0.397 e. The van der Waals surface area contributed by atoms with Crippen molar-refractivity contribution in [1.82, 2.24) is 0 Å². The zero-order chi connectivity index (χ0) is 6.62. The SMILES string of the molecule is [CH2]CSCC(F)(F)F. The van der Waals surface area contributed by atoms with Gasteiger partial charge in [-0.2, -0.15) is 24.9 Å². The summed E-state index contributed by atoms with van der Waals surface area (Å²) in [5.41, 5.74) is 0. The Morgan fingerprint density at radius 1 is 1.38 bits per heavy atom. The Morgan fingerprint density at radius 3 is 2.00 bits per heavy atom. The molecule has 0 bridgehead atoms. The molecule has 0 heterocycles. The lowest BCUT2D eigenvalue weighted by Crippen LogP contribution is -2.10. The first-order chi connectivity index (χ1) is 3.56. The second-order valence-electron chi connectivity index (χ2n) is 1.17. The summed E-state index contributed by atoms with van der Waals surface area (Å²) in [6, 6.07) is 0. The average molecular weight is 143 g/mol. The van der Waals surface area contributed by atoms with Crippen LogP contribution in [0.5, 0.6) is 0 Å². The Labute approximate surface area is 50.5 Å². The zero-order valence-electron chi connectivity index (χ0n) is 4.16. The van der Waals surface area contributed by atoms with Crippen LogP contribution in [0, 0.1) is 6.92 Å². The Bertz CT molecular complexity index is 58.8. The molecule has 0 aromatic rings. The van der Waals surface area contributed by atoms with Crippen molar-refractivity contribution >= 4 is 11.8 Å². The van der Waals surface area contributed by atoms with Gasteiger partial charge in [-0.3, -0.25) is 0 Å². The van der Waals surface area contributed by atoms with E-state index in [0.29, 0.717) is 0 Å². The molecule has 0 aromatic heterocycles. The van der Waals surface area contributed by atoms with Crippen LogP contribution in [0.4, 0.5) is 13.2 Å². The predicted octanol–water partition coefficient (Wildman–Crippen LogP) is 2.12. The van der Waals surface area contributed by atoms with E-state index in [1.54, 1.807) is 0 Å². The summed E-state index contributed by atoms with van der Waals surface area (Å²) in [6.07, 6.45) is -4.03. The van der Waals surface area contributed by atoms with Gasteiger partial charge < -0.3 is 0 Å². The third-order valence-electron chi connectivity index (χ3n) is 0.410. The lowest BCUT2D eigenvalue weighted by atomic mass is 10.8. The van der Waals surface area contributed by atoms with E-state index in [9.17, 15) is 13.2 Å². The second-order valence-corrected chi connectivity index (χ2v) is 2.27. The van der Waals surface area contributed by atoms with E-state index in [1.807, 2.05) is 0 Å². The van der Waals surface area contributed by atoms with E-state index in [-0.39, 0.29) is 5.75 Å². The van der Waals surface area contributed by atoms with Crippen LogP contribution < -0.4 is 0 Å². The van der Waals surface area contributed by atoms with Crippen molar-refractivity contribution in [1.29, 1.82) is 0 Å². The summed E-state index contributed by atoms with van der Waals surface area (Å²) < 4.78 is 33.6. The minimum Gasteiger partial charge on any atom is -0.170 e. The molecule has 0 N–H and O–H groups in total. The number of thioether (sulfide) groups is 1. The van der Waals surface area contributed by atoms with Gasteiger partial charge in [0, 0.05) is 0 Å². The van der Waals surface area contributed by atoms with Crippen molar-refractivity contribution < 1.29 is 13.2 Å². The van der Waals surface area contributed by atoms with Crippen molar-refractivity contribution in [3.8, 4) is 0 Å². The fourth-order valence-electron chi connectivity index (χ4n) is 0.188. The van der Waals surface area contributed by atoms with Crippen molar-refractivity contribution in [3.63, 3.8) is 0 Å². The van der Waals surface area contributed by atoms with Crippen molar-refractivity contribution in [3.05, 3.63) is 6.92 Å². The van der Waals surface area contributed by atoms with Gasteiger partial charge in [0.1, 0.15) is 0 Å². The maximum atomic E-state index is 11.2. The molecule has 0 aliphatic rings. The molecule has 0 aromatic carbocycles. The number of alkyl halides is 3. The van der Waals surface area contributed by atoms with Crippen LogP contribution >= 0.6 is 11.8 Å². The van der Waals surface area contributed by atoms with Gasteiger partial charge in [-0.15, -0.1) is 0 Å². The molecule has 0 fully saturated rings. The Kier molecular flexibility index (Phi) is 3.28. The molecule has 0 saturated heterocycles. The standard InChI is InChI=1S/C4H6F3S/c1-2-8-3-4(5,6)7/h1-3H2. The minimum atomic E-state index is -4.03. The number of rotatable bonds is 2. The monoisotopic (exact) mass is 143 g/mol. The van der Waals surface area contributed by atoms with Crippen LogP contribution in [0.25, 0.3) is 0 Å². The number of halogens is 3. The van der Waals surface area contributed by atoms with Crippen LogP contribution in [-0.4, -0.2) is 17.7 Å². The minimum absolute atomic E-state index is 0.277. The Balaban J connectivity index is 3.11. The van der Waals surface area contributed by atoms with E-state index < -0.39 is 11.9 Å². The van der Waals surface area contributed by atoms with E-state index >= 15 is 0 Å². The molecule has 1 radical (unpaired) electrons. The second kappa shape index (κ2) is 3.22. The molecule has 0 rings (SSSR count). The summed E-state index contributed by atoms with van der Waals surface area (Å²) in [5.74, 6) is -0.504. The van der Waals surface area contributed by atoms with Gasteiger partial charge in [-0.05, 0) is 12.7 Å². The van der Waals surface area contributed by atoms with E-state index in [4.69, 9.17) is 0 Å². The van der Waals surface area contributed by atoms with Gasteiger partial charge >= 0.3 is 6.18 Å². The molecule has 0 nitrogen and oxygen atoms in total. The molecule has 49 valence electrons. The Hall–Kier alpha value is 0.140. The van der Waals surface area contributed by atoms with Crippen LogP contribution in [-0.2, 0) is 0 Å². The highest BCUT2D eigenvalue weighted by Crippen LogP contribution is 2.20. The molecule has 0 spiro atoms. The predicted molar refractivity (Wildman–Crippen MR) is 28.7 cm³/mol. The van der Waals surface area contributed by atoms with Crippen LogP contribution in [0.1, 0.15) is 0 Å². The van der Waals surface area contributed by atoms with E-state index in [2.05, 4.69) is 6.92 Å². The van der Waals surface area contributed by atoms with Crippen LogP contribution in [0.3, 0.4) is 0 Å². The molecule has 4 heteroatoms. The summed E-state index contributed by atoms with van der Waals surface area (Å²) in [4.78, 5) is 0. The van der Waals surface area contributed by atoms with E-state index in [0.717, 1.165) is 11.8 Å². The van der Waals surface area contributed by atoms with Gasteiger partial charge in [-0.25, -0.2) is 0 Å². The molecule has 0 saturated carbocycles. The van der Waals surface area contributed by atoms with Gasteiger partial charge in [0.25, 0.3) is 0 Å². The molecular weight excluding hydrogens is 137 g/mol. The molecular formula is C4H6F3S. The zero-order valence-corrected chi connectivity index (χ0v) is 4.98. The normalized spacial score (nSPS) is 12.0. The highest BCUT2D eigenvalue weighted by Gasteiger charge is 2.25. The first-order valence-electron chi connectivity index (χ1n) is 2.00. The Morgan fingerprint density at radius 2 is 1.88 bits per heavy atom. The van der Waals surface area contributed by atoms with Crippen molar-refractivity contribution in [2.75, 3.05) is 11.5 Å². The molecule has 0 amide bonds. The lowest BCUT2D eigenvalue weighted by molar-refractivity contribution is -0.105. The van der Waals surface area contributed by atoms with Gasteiger partial charge in [0.15, 0.2) is 0 Å². The van der Waals surface area contributed by atoms with Crippen molar-refractivity contribution in [2.45, 2.75) is 6.18 Å². The topological polar surface area (TPSA) is 0 Å². The highest BCUT2D eigenvalue weighted by atomic mass is 32.2. The number of hydrogen-bond donors (Lipinski definition) is 0. The fourth-order valence-corrected chi connectivity index (χ4v) is 0.564. The lowest BCUT2D eigenvalue weighted by Gasteiger charge is -2.01. The average Bonchev–Trinajstić information content (AvgIpc) is 1.59. The molecule has 0 unspecified atom stereocenters. The summed E-state index contributed by atoms with van der Waals surface area (Å²) in [7, 11) is 0. The third kappa shape index (κ3) is 6.14. The maximum Gasteiger partial charge on any atom is 0.397 e. The first-order valence-corrected chi connectivity index (χ1v) is 3.15. The molecule has 8 heavy (non-hydrogen) atoms. The summed E-state index contributed by atoms with van der Waals surface area (Å²) in [6.45, 7) is 3.25. The molecule has 0 aliphatic carbocycles. The number of hydrogen-bond acceptors (Lipinski definition) is 1.